The Balaban J connectivity index is 2.03. The lowest BCUT2D eigenvalue weighted by atomic mass is 9.99. The van der Waals surface area contributed by atoms with Crippen molar-refractivity contribution >= 4 is 17.5 Å². The van der Waals surface area contributed by atoms with Crippen molar-refractivity contribution in [1.82, 2.24) is 0 Å². The maximum atomic E-state index is 5.36. The smallest absolute Gasteiger partial charge is 0.0795 e. The second-order valence-corrected chi connectivity index (χ2v) is 3.93. The van der Waals surface area contributed by atoms with E-state index in [1.807, 2.05) is 35.4 Å². The Labute approximate surface area is 101 Å². The Kier molecular flexibility index (Phi) is 2.42. The van der Waals surface area contributed by atoms with Crippen molar-refractivity contribution in [2.75, 3.05) is 12.2 Å². The third-order valence-electron chi connectivity index (χ3n) is 2.90. The highest BCUT2D eigenvalue weighted by Gasteiger charge is 2.28. The number of hydrogen-bond acceptors (Lipinski definition) is 2. The average Bonchev–Trinajstić information content (AvgIpc) is 2.38. The Hall–Kier alpha value is -2.06. The van der Waals surface area contributed by atoms with Crippen LogP contribution in [0.2, 0.25) is 0 Å². The van der Waals surface area contributed by atoms with Crippen LogP contribution in [-0.2, 0) is 4.84 Å². The van der Waals surface area contributed by atoms with Gasteiger partial charge in [-0.05, 0) is 17.7 Å². The van der Waals surface area contributed by atoms with Crippen molar-refractivity contribution in [2.24, 2.45) is 0 Å². The quantitative estimate of drug-likeness (QED) is 0.771. The van der Waals surface area contributed by atoms with Crippen LogP contribution in [0.3, 0.4) is 0 Å². The Bertz CT molecular complexity index is 560. The molecule has 1 aliphatic rings. The largest absolute Gasteiger partial charge is 0.272 e. The fraction of sp³-hybridized carbons (Fsp3) is 0.0667. The predicted octanol–water partition coefficient (Wildman–Crippen LogP) is 3.57. The molecule has 0 spiro atoms. The standard InChI is InChI=1S/C15H13NO/c1-17-16-14-10-6-5-9-13(14)15(16)11-12-7-3-2-4-8-12/h2-11H,1H3/b15-11+. The SMILES string of the molecule is CON1/C(=C/c2ccccc2)c2ccccc21. The third-order valence-corrected chi connectivity index (χ3v) is 2.90. The van der Waals surface area contributed by atoms with Gasteiger partial charge in [0.1, 0.15) is 0 Å². The highest BCUT2D eigenvalue weighted by Crippen LogP contribution is 2.42. The molecule has 0 saturated heterocycles. The molecule has 0 unspecified atom stereocenters. The van der Waals surface area contributed by atoms with Gasteiger partial charge < -0.3 is 0 Å². The monoisotopic (exact) mass is 223 g/mol. The molecule has 3 rings (SSSR count). The van der Waals surface area contributed by atoms with Crippen molar-refractivity contribution in [3.63, 3.8) is 0 Å². The summed E-state index contributed by atoms with van der Waals surface area (Å²) in [5.74, 6) is 0. The zero-order chi connectivity index (χ0) is 11.7. The van der Waals surface area contributed by atoms with E-state index in [0.717, 1.165) is 11.4 Å². The molecule has 0 bridgehead atoms. The molecule has 0 radical (unpaired) electrons. The van der Waals surface area contributed by atoms with Crippen molar-refractivity contribution in [2.45, 2.75) is 0 Å². The Morgan fingerprint density at radius 1 is 0.941 bits per heavy atom. The van der Waals surface area contributed by atoms with Crippen molar-refractivity contribution in [3.05, 3.63) is 65.7 Å². The van der Waals surface area contributed by atoms with E-state index in [1.54, 1.807) is 7.11 Å². The lowest BCUT2D eigenvalue weighted by Gasteiger charge is -2.36. The first-order chi connectivity index (χ1) is 8.40. The summed E-state index contributed by atoms with van der Waals surface area (Å²) in [7, 11) is 1.69. The maximum absolute atomic E-state index is 5.36. The summed E-state index contributed by atoms with van der Waals surface area (Å²) in [6, 6.07) is 18.5. The first-order valence-electron chi connectivity index (χ1n) is 5.60. The van der Waals surface area contributed by atoms with Crippen molar-refractivity contribution in [1.29, 1.82) is 0 Å². The van der Waals surface area contributed by atoms with E-state index < -0.39 is 0 Å². The topological polar surface area (TPSA) is 12.5 Å². The van der Waals surface area contributed by atoms with Crippen molar-refractivity contribution in [3.8, 4) is 0 Å². The van der Waals surface area contributed by atoms with Crippen LogP contribution in [0.5, 0.6) is 0 Å². The molecule has 1 aliphatic heterocycles. The van der Waals surface area contributed by atoms with Gasteiger partial charge >= 0.3 is 0 Å². The molecule has 84 valence electrons. The fourth-order valence-corrected chi connectivity index (χ4v) is 2.09. The first-order valence-corrected chi connectivity index (χ1v) is 5.60. The van der Waals surface area contributed by atoms with Gasteiger partial charge in [0, 0.05) is 5.56 Å². The number of nitrogens with zero attached hydrogens (tertiary/aromatic N) is 1. The Morgan fingerprint density at radius 3 is 2.41 bits per heavy atom. The summed E-state index contributed by atoms with van der Waals surface area (Å²) < 4.78 is 0. The molecule has 0 amide bonds. The summed E-state index contributed by atoms with van der Waals surface area (Å²) >= 11 is 0. The molecule has 2 nitrogen and oxygen atoms in total. The lowest BCUT2D eigenvalue weighted by Crippen LogP contribution is -2.29. The molecule has 0 saturated carbocycles. The van der Waals surface area contributed by atoms with Crippen molar-refractivity contribution < 1.29 is 4.84 Å². The Morgan fingerprint density at radius 2 is 1.65 bits per heavy atom. The highest BCUT2D eigenvalue weighted by atomic mass is 16.7. The second-order valence-electron chi connectivity index (χ2n) is 3.93. The lowest BCUT2D eigenvalue weighted by molar-refractivity contribution is 0.197. The molecule has 2 aromatic carbocycles. The zero-order valence-corrected chi connectivity index (χ0v) is 9.63. The first kappa shape index (κ1) is 10.1. The summed E-state index contributed by atoms with van der Waals surface area (Å²) in [4.78, 5) is 5.36. The molecular formula is C15H13NO. The second kappa shape index (κ2) is 4.07. The highest BCUT2D eigenvalue weighted by molar-refractivity contribution is 6.01. The molecule has 2 aromatic rings. The van der Waals surface area contributed by atoms with Gasteiger partial charge in [-0.25, -0.2) is 5.06 Å². The number of fused-ring (bicyclic) bond motifs is 1. The van der Waals surface area contributed by atoms with Gasteiger partial charge in [0.2, 0.25) is 0 Å². The molecule has 0 fully saturated rings. The summed E-state index contributed by atoms with van der Waals surface area (Å²) in [5.41, 5.74) is 4.64. The maximum Gasteiger partial charge on any atom is 0.0795 e. The number of benzene rings is 2. The molecule has 1 heterocycles. The molecule has 2 heteroatoms. The number of anilines is 1. The van der Waals surface area contributed by atoms with Crippen LogP contribution >= 0.6 is 0 Å². The summed E-state index contributed by atoms with van der Waals surface area (Å²) in [6.45, 7) is 0. The molecule has 0 atom stereocenters. The van der Waals surface area contributed by atoms with E-state index in [9.17, 15) is 0 Å². The van der Waals surface area contributed by atoms with Gasteiger partial charge in [-0.2, -0.15) is 0 Å². The predicted molar refractivity (Wildman–Crippen MR) is 70.2 cm³/mol. The van der Waals surface area contributed by atoms with E-state index in [0.29, 0.717) is 0 Å². The minimum absolute atomic E-state index is 1.11. The van der Waals surface area contributed by atoms with Gasteiger partial charge in [0.05, 0.1) is 18.5 Å². The van der Waals surface area contributed by atoms with Crippen LogP contribution in [0.25, 0.3) is 11.8 Å². The van der Waals surface area contributed by atoms with Crippen LogP contribution in [-0.4, -0.2) is 7.11 Å². The summed E-state index contributed by atoms with van der Waals surface area (Å²) in [6.07, 6.45) is 2.13. The normalized spacial score (nSPS) is 15.6. The number of hydroxylamine groups is 1. The van der Waals surface area contributed by atoms with Crippen LogP contribution in [0.1, 0.15) is 11.1 Å². The van der Waals surface area contributed by atoms with E-state index in [2.05, 4.69) is 30.3 Å². The van der Waals surface area contributed by atoms with Gasteiger partial charge in [-0.1, -0.05) is 48.5 Å². The number of hydrogen-bond donors (Lipinski definition) is 0. The molecule has 0 aromatic heterocycles. The average molecular weight is 223 g/mol. The zero-order valence-electron chi connectivity index (χ0n) is 9.63. The third kappa shape index (κ3) is 1.63. The molecular weight excluding hydrogens is 210 g/mol. The van der Waals surface area contributed by atoms with Gasteiger partial charge in [-0.3, -0.25) is 4.84 Å². The van der Waals surface area contributed by atoms with E-state index in [1.165, 1.54) is 11.1 Å². The van der Waals surface area contributed by atoms with Crippen LogP contribution in [0.15, 0.2) is 54.6 Å². The van der Waals surface area contributed by atoms with E-state index in [4.69, 9.17) is 4.84 Å². The van der Waals surface area contributed by atoms with E-state index in [-0.39, 0.29) is 0 Å². The molecule has 17 heavy (non-hydrogen) atoms. The number of rotatable bonds is 2. The van der Waals surface area contributed by atoms with Crippen LogP contribution in [0.4, 0.5) is 5.69 Å². The van der Waals surface area contributed by atoms with Crippen LogP contribution in [0, 0.1) is 0 Å². The van der Waals surface area contributed by atoms with E-state index >= 15 is 0 Å². The van der Waals surface area contributed by atoms with Crippen LogP contribution < -0.4 is 5.06 Å². The van der Waals surface area contributed by atoms with Gasteiger partial charge in [0.15, 0.2) is 0 Å². The minimum Gasteiger partial charge on any atom is -0.272 e. The minimum atomic E-state index is 1.11. The van der Waals surface area contributed by atoms with Gasteiger partial charge in [-0.15, -0.1) is 0 Å². The molecule has 0 aliphatic carbocycles. The summed E-state index contributed by atoms with van der Waals surface area (Å²) in [5, 5.41) is 1.85. The fourth-order valence-electron chi connectivity index (χ4n) is 2.09. The van der Waals surface area contributed by atoms with Gasteiger partial charge in [0.25, 0.3) is 0 Å². The number of para-hydroxylation sites is 1. The molecule has 0 N–H and O–H groups in total.